The molecule has 4 aromatic rings. The number of nitrogens with zero attached hydrogens (tertiary/aromatic N) is 1. The summed E-state index contributed by atoms with van der Waals surface area (Å²) < 4.78 is 2.20. The van der Waals surface area contributed by atoms with Gasteiger partial charge in [0.25, 0.3) is 5.91 Å². The fraction of sp³-hybridized carbons (Fsp3) is 0.179. The lowest BCUT2D eigenvalue weighted by atomic mass is 10.0. The molecule has 4 heteroatoms. The van der Waals surface area contributed by atoms with E-state index in [9.17, 15) is 4.79 Å². The number of carbonyl (C=O) groups excluding carboxylic acids is 1. The normalized spacial score (nSPS) is 10.8. The average molecular weight is 424 g/mol. The molecular formula is C28H29N3O. The van der Waals surface area contributed by atoms with E-state index in [0.717, 1.165) is 34.6 Å². The van der Waals surface area contributed by atoms with E-state index in [1.165, 1.54) is 16.7 Å². The molecule has 4 nitrogen and oxygen atoms in total. The van der Waals surface area contributed by atoms with Gasteiger partial charge in [-0.05, 0) is 53.8 Å². The fourth-order valence-electron chi connectivity index (χ4n) is 4.01. The van der Waals surface area contributed by atoms with E-state index in [1.54, 1.807) is 0 Å². The highest BCUT2D eigenvalue weighted by molar-refractivity contribution is 5.95. The summed E-state index contributed by atoms with van der Waals surface area (Å²) in [6.07, 6.45) is 0. The Morgan fingerprint density at radius 3 is 2.22 bits per heavy atom. The Balaban J connectivity index is 1.48. The molecular weight excluding hydrogens is 394 g/mol. The summed E-state index contributed by atoms with van der Waals surface area (Å²) in [5, 5.41) is 3.05. The molecule has 32 heavy (non-hydrogen) atoms. The van der Waals surface area contributed by atoms with Gasteiger partial charge in [-0.1, -0.05) is 72.8 Å². The SMILES string of the molecule is Cc1cc(C(=O)NCc2ccc(CN)cc2)c(C)n1Cc1cccc(-c2ccccc2)c1. The third kappa shape index (κ3) is 4.82. The summed E-state index contributed by atoms with van der Waals surface area (Å²) in [7, 11) is 0. The van der Waals surface area contributed by atoms with Crippen LogP contribution in [0.25, 0.3) is 11.1 Å². The molecule has 1 heterocycles. The van der Waals surface area contributed by atoms with Gasteiger partial charge in [0.15, 0.2) is 0 Å². The van der Waals surface area contributed by atoms with E-state index in [0.29, 0.717) is 13.1 Å². The van der Waals surface area contributed by atoms with Gasteiger partial charge in [-0.2, -0.15) is 0 Å². The zero-order valence-corrected chi connectivity index (χ0v) is 18.6. The highest BCUT2D eigenvalue weighted by Gasteiger charge is 2.16. The molecule has 4 rings (SSSR count). The van der Waals surface area contributed by atoms with Gasteiger partial charge < -0.3 is 15.6 Å². The quantitative estimate of drug-likeness (QED) is 0.429. The van der Waals surface area contributed by atoms with Crippen molar-refractivity contribution in [3.8, 4) is 11.1 Å². The molecule has 3 N–H and O–H groups in total. The predicted octanol–water partition coefficient (Wildman–Crippen LogP) is 5.21. The number of benzene rings is 3. The van der Waals surface area contributed by atoms with Crippen molar-refractivity contribution >= 4 is 5.91 Å². The Bertz CT molecular complexity index is 1210. The van der Waals surface area contributed by atoms with Crippen LogP contribution >= 0.6 is 0 Å². The molecule has 0 spiro atoms. The van der Waals surface area contributed by atoms with Crippen molar-refractivity contribution in [2.75, 3.05) is 0 Å². The molecule has 0 aliphatic carbocycles. The van der Waals surface area contributed by atoms with E-state index >= 15 is 0 Å². The number of nitrogens with two attached hydrogens (primary N) is 1. The van der Waals surface area contributed by atoms with Crippen LogP contribution in [-0.2, 0) is 19.6 Å². The molecule has 0 bridgehead atoms. The largest absolute Gasteiger partial charge is 0.348 e. The molecule has 3 aromatic carbocycles. The second-order valence-corrected chi connectivity index (χ2v) is 8.14. The minimum Gasteiger partial charge on any atom is -0.348 e. The van der Waals surface area contributed by atoms with E-state index in [2.05, 4.69) is 65.3 Å². The Hall–Kier alpha value is -3.63. The smallest absolute Gasteiger partial charge is 0.253 e. The number of hydrogen-bond acceptors (Lipinski definition) is 2. The summed E-state index contributed by atoms with van der Waals surface area (Å²) in [6.45, 7) is 5.81. The van der Waals surface area contributed by atoms with Gasteiger partial charge in [0.05, 0.1) is 5.56 Å². The lowest BCUT2D eigenvalue weighted by molar-refractivity contribution is 0.0950. The van der Waals surface area contributed by atoms with Crippen LogP contribution in [0.4, 0.5) is 0 Å². The Labute approximate surface area is 189 Å². The van der Waals surface area contributed by atoms with Gasteiger partial charge in [-0.15, -0.1) is 0 Å². The van der Waals surface area contributed by atoms with Gasteiger partial charge >= 0.3 is 0 Å². The van der Waals surface area contributed by atoms with Crippen molar-refractivity contribution in [3.63, 3.8) is 0 Å². The van der Waals surface area contributed by atoms with E-state index in [1.807, 2.05) is 43.3 Å². The number of nitrogens with one attached hydrogen (secondary N) is 1. The minimum atomic E-state index is -0.0507. The Kier molecular flexibility index (Phi) is 6.52. The maximum Gasteiger partial charge on any atom is 0.253 e. The molecule has 0 aliphatic heterocycles. The van der Waals surface area contributed by atoms with Crippen LogP contribution in [0.5, 0.6) is 0 Å². The van der Waals surface area contributed by atoms with E-state index in [4.69, 9.17) is 5.73 Å². The Morgan fingerprint density at radius 1 is 0.812 bits per heavy atom. The topological polar surface area (TPSA) is 60.1 Å². The van der Waals surface area contributed by atoms with Crippen molar-refractivity contribution in [1.82, 2.24) is 9.88 Å². The molecule has 0 atom stereocenters. The number of hydrogen-bond donors (Lipinski definition) is 2. The monoisotopic (exact) mass is 423 g/mol. The van der Waals surface area contributed by atoms with Crippen LogP contribution < -0.4 is 11.1 Å². The van der Waals surface area contributed by atoms with Crippen molar-refractivity contribution in [3.05, 3.63) is 119 Å². The summed E-state index contributed by atoms with van der Waals surface area (Å²) in [5.41, 5.74) is 14.2. The fourth-order valence-corrected chi connectivity index (χ4v) is 4.01. The Morgan fingerprint density at radius 2 is 1.50 bits per heavy atom. The van der Waals surface area contributed by atoms with Crippen LogP contribution in [0.2, 0.25) is 0 Å². The predicted molar refractivity (Wildman–Crippen MR) is 130 cm³/mol. The van der Waals surface area contributed by atoms with Crippen molar-refractivity contribution in [1.29, 1.82) is 0 Å². The van der Waals surface area contributed by atoms with Gasteiger partial charge in [0.1, 0.15) is 0 Å². The molecule has 0 saturated carbocycles. The molecule has 0 saturated heterocycles. The average Bonchev–Trinajstić information content (AvgIpc) is 3.12. The molecule has 1 aromatic heterocycles. The maximum atomic E-state index is 12.9. The van der Waals surface area contributed by atoms with Crippen molar-refractivity contribution in [2.45, 2.75) is 33.5 Å². The zero-order valence-electron chi connectivity index (χ0n) is 18.6. The van der Waals surface area contributed by atoms with Crippen LogP contribution in [0.1, 0.15) is 38.4 Å². The minimum absolute atomic E-state index is 0.0507. The molecule has 1 amide bonds. The first kappa shape index (κ1) is 21.6. The zero-order chi connectivity index (χ0) is 22.5. The van der Waals surface area contributed by atoms with Crippen molar-refractivity contribution < 1.29 is 4.79 Å². The van der Waals surface area contributed by atoms with Gasteiger partial charge in [0.2, 0.25) is 0 Å². The number of carbonyl (C=O) groups is 1. The lowest BCUT2D eigenvalue weighted by Crippen LogP contribution is -2.23. The van der Waals surface area contributed by atoms with Crippen LogP contribution in [0.3, 0.4) is 0 Å². The van der Waals surface area contributed by atoms with E-state index in [-0.39, 0.29) is 5.91 Å². The summed E-state index contributed by atoms with van der Waals surface area (Å²) in [6, 6.07) is 28.9. The molecule has 0 radical (unpaired) electrons. The number of amides is 1. The lowest BCUT2D eigenvalue weighted by Gasteiger charge is -2.12. The second-order valence-electron chi connectivity index (χ2n) is 8.14. The molecule has 0 aliphatic rings. The maximum absolute atomic E-state index is 12.9. The first-order valence-corrected chi connectivity index (χ1v) is 10.9. The van der Waals surface area contributed by atoms with Gasteiger partial charge in [-0.25, -0.2) is 0 Å². The van der Waals surface area contributed by atoms with E-state index < -0.39 is 0 Å². The van der Waals surface area contributed by atoms with Gasteiger partial charge in [0, 0.05) is 31.0 Å². The standard InChI is InChI=1S/C28H29N3O/c1-20-15-27(28(32)30-18-23-13-11-22(17-29)12-14-23)21(2)31(20)19-24-7-6-10-26(16-24)25-8-4-3-5-9-25/h3-16H,17-19,29H2,1-2H3,(H,30,32). The second kappa shape index (κ2) is 9.67. The third-order valence-electron chi connectivity index (χ3n) is 5.90. The highest BCUT2D eigenvalue weighted by atomic mass is 16.1. The first-order valence-electron chi connectivity index (χ1n) is 10.9. The summed E-state index contributed by atoms with van der Waals surface area (Å²) >= 11 is 0. The number of aromatic nitrogens is 1. The first-order chi connectivity index (χ1) is 15.5. The summed E-state index contributed by atoms with van der Waals surface area (Å²) in [4.78, 5) is 12.9. The third-order valence-corrected chi connectivity index (χ3v) is 5.90. The summed E-state index contributed by atoms with van der Waals surface area (Å²) in [5.74, 6) is -0.0507. The van der Waals surface area contributed by atoms with Crippen LogP contribution in [0.15, 0.2) is 84.9 Å². The number of rotatable bonds is 7. The van der Waals surface area contributed by atoms with Gasteiger partial charge in [-0.3, -0.25) is 4.79 Å². The highest BCUT2D eigenvalue weighted by Crippen LogP contribution is 2.22. The molecule has 0 unspecified atom stereocenters. The van der Waals surface area contributed by atoms with Crippen LogP contribution in [0, 0.1) is 13.8 Å². The van der Waals surface area contributed by atoms with Crippen LogP contribution in [-0.4, -0.2) is 10.5 Å². The van der Waals surface area contributed by atoms with Crippen molar-refractivity contribution in [2.24, 2.45) is 5.73 Å². The molecule has 0 fully saturated rings. The number of aryl methyl sites for hydroxylation is 1. The molecule has 162 valence electrons.